The summed E-state index contributed by atoms with van der Waals surface area (Å²) in [4.78, 5) is 11.8. The van der Waals surface area contributed by atoms with Gasteiger partial charge in [0.25, 0.3) is 0 Å². The van der Waals surface area contributed by atoms with Crippen LogP contribution >= 0.6 is 0 Å². The van der Waals surface area contributed by atoms with Crippen molar-refractivity contribution in [1.29, 1.82) is 0 Å². The Morgan fingerprint density at radius 2 is 2.00 bits per heavy atom. The maximum Gasteiger partial charge on any atom is 0.239 e. The summed E-state index contributed by atoms with van der Waals surface area (Å²) in [6, 6.07) is 7.71. The number of carbonyl (C=O) groups is 1. The van der Waals surface area contributed by atoms with Crippen molar-refractivity contribution in [2.75, 3.05) is 18.5 Å². The molecule has 0 heterocycles. The Hall–Kier alpha value is -1.71. The Morgan fingerprint density at radius 1 is 1.29 bits per heavy atom. The quantitative estimate of drug-likeness (QED) is 0.809. The molecule has 4 heteroatoms. The Kier molecular flexibility index (Phi) is 6.53. The number of amides is 1. The van der Waals surface area contributed by atoms with E-state index in [-0.39, 0.29) is 18.0 Å². The molecule has 4 nitrogen and oxygen atoms in total. The van der Waals surface area contributed by atoms with Gasteiger partial charge in [0.1, 0.15) is 5.75 Å². The molecule has 0 unspecified atom stereocenters. The summed E-state index contributed by atoms with van der Waals surface area (Å²) >= 11 is 0. The molecule has 0 saturated carbocycles. The molecule has 0 saturated heterocycles. The molecule has 1 aromatic rings. The Labute approximate surface area is 128 Å². The van der Waals surface area contributed by atoms with Crippen LogP contribution in [0.1, 0.15) is 41.0 Å². The monoisotopic (exact) mass is 292 g/mol. The average molecular weight is 292 g/mol. The fourth-order valence-electron chi connectivity index (χ4n) is 1.75. The van der Waals surface area contributed by atoms with Crippen molar-refractivity contribution in [2.45, 2.75) is 46.6 Å². The van der Waals surface area contributed by atoms with Crippen molar-refractivity contribution in [3.8, 4) is 5.75 Å². The molecule has 0 aromatic heterocycles. The van der Waals surface area contributed by atoms with Gasteiger partial charge in [0.2, 0.25) is 5.91 Å². The third-order valence-electron chi connectivity index (χ3n) is 2.77. The highest BCUT2D eigenvalue weighted by molar-refractivity contribution is 5.81. The molecule has 1 amide bonds. The molecule has 0 aliphatic carbocycles. The first-order valence-corrected chi connectivity index (χ1v) is 7.54. The van der Waals surface area contributed by atoms with E-state index in [4.69, 9.17) is 4.74 Å². The minimum Gasteiger partial charge on any atom is -0.494 e. The van der Waals surface area contributed by atoms with Crippen LogP contribution in [0.5, 0.6) is 5.75 Å². The first-order chi connectivity index (χ1) is 9.76. The molecule has 1 rings (SSSR count). The van der Waals surface area contributed by atoms with Gasteiger partial charge in [-0.1, -0.05) is 19.9 Å². The van der Waals surface area contributed by atoms with Crippen molar-refractivity contribution < 1.29 is 9.53 Å². The Morgan fingerprint density at radius 3 is 2.62 bits per heavy atom. The highest BCUT2D eigenvalue weighted by atomic mass is 16.5. The normalized spacial score (nSPS) is 11.3. The van der Waals surface area contributed by atoms with Crippen LogP contribution in [0.15, 0.2) is 24.3 Å². The standard InChI is InChI=1S/C17H28N2O2/c1-13(2)9-10-21-15-8-6-7-14(11-15)18-12-16(20)19-17(3,4)5/h6-8,11,13,18H,9-10,12H2,1-5H3,(H,19,20). The second-order valence-electron chi connectivity index (χ2n) is 6.71. The van der Waals surface area contributed by atoms with E-state index in [0.29, 0.717) is 12.5 Å². The molecule has 0 fully saturated rings. The third-order valence-corrected chi connectivity index (χ3v) is 2.77. The molecule has 0 aliphatic rings. The first-order valence-electron chi connectivity index (χ1n) is 7.54. The van der Waals surface area contributed by atoms with E-state index in [2.05, 4.69) is 24.5 Å². The average Bonchev–Trinajstić information content (AvgIpc) is 2.34. The van der Waals surface area contributed by atoms with Crippen LogP contribution < -0.4 is 15.4 Å². The lowest BCUT2D eigenvalue weighted by molar-refractivity contribution is -0.120. The number of hydrogen-bond donors (Lipinski definition) is 2. The number of nitrogens with one attached hydrogen (secondary N) is 2. The van der Waals surface area contributed by atoms with Crippen LogP contribution in [0, 0.1) is 5.92 Å². The second kappa shape index (κ2) is 7.91. The maximum atomic E-state index is 11.8. The second-order valence-corrected chi connectivity index (χ2v) is 6.71. The van der Waals surface area contributed by atoms with Gasteiger partial charge in [-0.3, -0.25) is 4.79 Å². The van der Waals surface area contributed by atoms with Gasteiger partial charge in [-0.15, -0.1) is 0 Å². The van der Waals surface area contributed by atoms with Crippen LogP contribution in [0.4, 0.5) is 5.69 Å². The lowest BCUT2D eigenvalue weighted by Crippen LogP contribution is -2.43. The number of hydrogen-bond acceptors (Lipinski definition) is 3. The van der Waals surface area contributed by atoms with Gasteiger partial charge in [-0.25, -0.2) is 0 Å². The van der Waals surface area contributed by atoms with Crippen LogP contribution in [0.25, 0.3) is 0 Å². The number of anilines is 1. The maximum absolute atomic E-state index is 11.8. The van der Waals surface area contributed by atoms with Gasteiger partial charge < -0.3 is 15.4 Å². The van der Waals surface area contributed by atoms with E-state index >= 15 is 0 Å². The minimum atomic E-state index is -0.208. The van der Waals surface area contributed by atoms with Crippen molar-refractivity contribution in [1.82, 2.24) is 5.32 Å². The predicted octanol–water partition coefficient (Wildman–Crippen LogP) is 3.44. The molecule has 0 bridgehead atoms. The van der Waals surface area contributed by atoms with Crippen molar-refractivity contribution in [2.24, 2.45) is 5.92 Å². The van der Waals surface area contributed by atoms with Gasteiger partial charge >= 0.3 is 0 Å². The summed E-state index contributed by atoms with van der Waals surface area (Å²) in [5, 5.41) is 6.03. The number of carbonyl (C=O) groups excluding carboxylic acids is 1. The number of rotatable bonds is 7. The zero-order chi connectivity index (χ0) is 15.9. The van der Waals surface area contributed by atoms with Gasteiger partial charge in [0, 0.05) is 17.3 Å². The number of benzene rings is 1. The van der Waals surface area contributed by atoms with Gasteiger partial charge in [-0.05, 0) is 45.2 Å². The van der Waals surface area contributed by atoms with Crippen LogP contribution in [0.3, 0.4) is 0 Å². The first kappa shape index (κ1) is 17.3. The summed E-state index contributed by atoms with van der Waals surface area (Å²) in [6.07, 6.45) is 1.03. The van der Waals surface area contributed by atoms with E-state index in [1.54, 1.807) is 0 Å². The van der Waals surface area contributed by atoms with E-state index in [1.807, 2.05) is 45.0 Å². The summed E-state index contributed by atoms with van der Waals surface area (Å²) in [6.45, 7) is 11.2. The SMILES string of the molecule is CC(C)CCOc1cccc(NCC(=O)NC(C)(C)C)c1. The molecule has 0 aliphatic heterocycles. The molecule has 0 spiro atoms. The van der Waals surface area contributed by atoms with Crippen molar-refractivity contribution in [3.05, 3.63) is 24.3 Å². The van der Waals surface area contributed by atoms with E-state index in [9.17, 15) is 4.79 Å². The summed E-state index contributed by atoms with van der Waals surface area (Å²) < 4.78 is 5.70. The van der Waals surface area contributed by atoms with E-state index in [1.165, 1.54) is 0 Å². The van der Waals surface area contributed by atoms with Gasteiger partial charge in [-0.2, -0.15) is 0 Å². The third kappa shape index (κ3) is 8.23. The Balaban J connectivity index is 2.43. The number of ether oxygens (including phenoxy) is 1. The molecule has 2 N–H and O–H groups in total. The largest absolute Gasteiger partial charge is 0.494 e. The zero-order valence-corrected chi connectivity index (χ0v) is 13.8. The molecule has 21 heavy (non-hydrogen) atoms. The van der Waals surface area contributed by atoms with E-state index < -0.39 is 0 Å². The van der Waals surface area contributed by atoms with Crippen molar-refractivity contribution >= 4 is 11.6 Å². The molecule has 0 radical (unpaired) electrons. The summed E-state index contributed by atoms with van der Waals surface area (Å²) in [5.74, 6) is 1.44. The highest BCUT2D eigenvalue weighted by Crippen LogP contribution is 2.17. The minimum absolute atomic E-state index is 0.0198. The molecule has 0 atom stereocenters. The van der Waals surface area contributed by atoms with Crippen LogP contribution in [-0.4, -0.2) is 24.6 Å². The van der Waals surface area contributed by atoms with E-state index in [0.717, 1.165) is 17.9 Å². The fraction of sp³-hybridized carbons (Fsp3) is 0.588. The molecule has 118 valence electrons. The summed E-state index contributed by atoms with van der Waals surface area (Å²) in [5.41, 5.74) is 0.682. The lowest BCUT2D eigenvalue weighted by Gasteiger charge is -2.20. The Bertz CT molecular complexity index is 450. The predicted molar refractivity (Wildman–Crippen MR) is 87.8 cm³/mol. The van der Waals surface area contributed by atoms with Crippen LogP contribution in [-0.2, 0) is 4.79 Å². The van der Waals surface area contributed by atoms with Crippen molar-refractivity contribution in [3.63, 3.8) is 0 Å². The topological polar surface area (TPSA) is 50.4 Å². The molecule has 1 aromatic carbocycles. The smallest absolute Gasteiger partial charge is 0.239 e. The van der Waals surface area contributed by atoms with Gasteiger partial charge in [0.05, 0.1) is 13.2 Å². The van der Waals surface area contributed by atoms with Crippen LogP contribution in [0.2, 0.25) is 0 Å². The highest BCUT2D eigenvalue weighted by Gasteiger charge is 2.13. The fourth-order valence-corrected chi connectivity index (χ4v) is 1.75. The van der Waals surface area contributed by atoms with Gasteiger partial charge in [0.15, 0.2) is 0 Å². The lowest BCUT2D eigenvalue weighted by atomic mass is 10.1. The zero-order valence-electron chi connectivity index (χ0n) is 13.8. The molecular formula is C17H28N2O2. The molecular weight excluding hydrogens is 264 g/mol. The summed E-state index contributed by atoms with van der Waals surface area (Å²) in [7, 11) is 0.